The number of nitrogens with one attached hydrogen (secondary N) is 1. The van der Waals surface area contributed by atoms with Crippen LogP contribution in [-0.2, 0) is 16.1 Å². The minimum absolute atomic E-state index is 0.00332. The van der Waals surface area contributed by atoms with Crippen LogP contribution in [0.3, 0.4) is 0 Å². The predicted octanol–water partition coefficient (Wildman–Crippen LogP) is 11.1. The number of halogens is 1. The van der Waals surface area contributed by atoms with Crippen LogP contribution in [0.1, 0.15) is 131 Å². The molecule has 7 aliphatic rings. The minimum Gasteiger partial charge on any atom is -0.460 e. The average molecular weight is 796 g/mol. The van der Waals surface area contributed by atoms with Crippen LogP contribution in [0.15, 0.2) is 65.8 Å². The van der Waals surface area contributed by atoms with Crippen molar-refractivity contribution in [2.45, 2.75) is 137 Å². The van der Waals surface area contributed by atoms with Crippen molar-refractivity contribution in [3.63, 3.8) is 0 Å². The number of alkyl halides is 1. The largest absolute Gasteiger partial charge is 0.460 e. The fraction of sp³-hybridized carbons (Fsp3) is 0.725. The van der Waals surface area contributed by atoms with Crippen molar-refractivity contribution in [3.8, 4) is 0 Å². The molecule has 0 spiro atoms. The number of nitrogens with zero attached hydrogens (tertiary/aromatic N) is 2. The van der Waals surface area contributed by atoms with Gasteiger partial charge in [-0.1, -0.05) is 82.7 Å². The summed E-state index contributed by atoms with van der Waals surface area (Å²) < 4.78 is 20.5. The second kappa shape index (κ2) is 15.2. The maximum absolute atomic E-state index is 14.8. The van der Waals surface area contributed by atoms with Crippen molar-refractivity contribution < 1.29 is 18.7 Å². The van der Waals surface area contributed by atoms with Gasteiger partial charge in [-0.25, -0.2) is 9.18 Å². The number of hydrogen-bond acceptors (Lipinski definition) is 4. The number of ether oxygens (including phenoxy) is 1. The molecule has 1 aromatic rings. The molecule has 1 aromatic carbocycles. The van der Waals surface area contributed by atoms with Gasteiger partial charge in [-0.15, -0.1) is 6.58 Å². The number of hydrogen-bond donors (Lipinski definition) is 1. The van der Waals surface area contributed by atoms with E-state index in [0.717, 1.165) is 51.0 Å². The molecule has 6 nitrogen and oxygen atoms in total. The molecule has 318 valence electrons. The summed E-state index contributed by atoms with van der Waals surface area (Å²) in [5.74, 6) is 2.83. The molecule has 8 rings (SSSR count). The van der Waals surface area contributed by atoms with E-state index in [2.05, 4.69) is 65.6 Å². The van der Waals surface area contributed by atoms with Gasteiger partial charge in [-0.2, -0.15) is 0 Å². The summed E-state index contributed by atoms with van der Waals surface area (Å²) in [4.78, 5) is 30.0. The van der Waals surface area contributed by atoms with Crippen LogP contribution >= 0.6 is 0 Å². The van der Waals surface area contributed by atoms with E-state index in [1.54, 1.807) is 0 Å². The Morgan fingerprint density at radius 2 is 1.69 bits per heavy atom. The lowest BCUT2D eigenvalue weighted by Gasteiger charge is -2.72. The lowest BCUT2D eigenvalue weighted by atomic mass is 9.33. The summed E-state index contributed by atoms with van der Waals surface area (Å²) in [6.07, 6.45) is 18.8. The zero-order chi connectivity index (χ0) is 41.3. The SMILES string of the molecule is C=C(C)CC1CCC2(NCCN3CCN(C)C3=O)CCC3(C)C(CCC4C5(C)CC=C(C6=CCC(CF)(C(=O)OCc7ccccc7)CC6)C(C)(C)C5CCC43C)C12. The van der Waals surface area contributed by atoms with E-state index in [1.807, 2.05) is 47.2 Å². The van der Waals surface area contributed by atoms with Gasteiger partial charge in [0.2, 0.25) is 0 Å². The van der Waals surface area contributed by atoms with E-state index in [9.17, 15) is 14.0 Å². The molecule has 7 heteroatoms. The van der Waals surface area contributed by atoms with Gasteiger partial charge in [-0.05, 0) is 158 Å². The highest BCUT2D eigenvalue weighted by atomic mass is 19.1. The van der Waals surface area contributed by atoms with Crippen molar-refractivity contribution in [1.82, 2.24) is 15.1 Å². The second-order valence-corrected chi connectivity index (χ2v) is 21.9. The van der Waals surface area contributed by atoms with Crippen molar-refractivity contribution in [2.75, 3.05) is 39.9 Å². The number of likely N-dealkylation sites (N-methyl/N-ethyl adjacent to an activating group) is 1. The average Bonchev–Trinajstić information content (AvgIpc) is 3.72. The van der Waals surface area contributed by atoms with Crippen LogP contribution < -0.4 is 5.32 Å². The molecule has 1 saturated heterocycles. The number of amides is 2. The van der Waals surface area contributed by atoms with Crippen LogP contribution in [0.4, 0.5) is 9.18 Å². The number of carbonyl (C=O) groups is 2. The summed E-state index contributed by atoms with van der Waals surface area (Å²) >= 11 is 0. The topological polar surface area (TPSA) is 61.9 Å². The first-order valence-corrected chi connectivity index (χ1v) is 23.1. The van der Waals surface area contributed by atoms with Gasteiger partial charge in [0.1, 0.15) is 13.3 Å². The highest BCUT2D eigenvalue weighted by molar-refractivity contribution is 5.78. The Balaban J connectivity index is 1.01. The highest BCUT2D eigenvalue weighted by Gasteiger charge is 2.70. The smallest absolute Gasteiger partial charge is 0.319 e. The number of allylic oxidation sites excluding steroid dienone is 5. The van der Waals surface area contributed by atoms with E-state index in [4.69, 9.17) is 4.74 Å². The van der Waals surface area contributed by atoms with Crippen LogP contribution in [0, 0.1) is 56.7 Å². The van der Waals surface area contributed by atoms with Crippen LogP contribution in [0.5, 0.6) is 0 Å². The van der Waals surface area contributed by atoms with E-state index in [-0.39, 0.29) is 39.8 Å². The number of urea groups is 1. The first kappa shape index (κ1) is 41.8. The fourth-order valence-corrected chi connectivity index (χ4v) is 15.6. The van der Waals surface area contributed by atoms with Crippen molar-refractivity contribution in [3.05, 3.63) is 71.3 Å². The zero-order valence-electron chi connectivity index (χ0n) is 37.1. The van der Waals surface area contributed by atoms with E-state index in [1.165, 1.54) is 68.1 Å². The Morgan fingerprint density at radius 1 is 0.914 bits per heavy atom. The Labute approximate surface area is 349 Å². The van der Waals surface area contributed by atoms with Gasteiger partial charge in [0.15, 0.2) is 0 Å². The highest BCUT2D eigenvalue weighted by Crippen LogP contribution is 2.76. The molecule has 2 amide bonds. The van der Waals surface area contributed by atoms with E-state index >= 15 is 0 Å². The molecule has 10 unspecified atom stereocenters. The van der Waals surface area contributed by atoms with Crippen molar-refractivity contribution >= 4 is 12.0 Å². The molecule has 0 bridgehead atoms. The number of benzene rings is 1. The first-order valence-electron chi connectivity index (χ1n) is 23.1. The van der Waals surface area contributed by atoms with Crippen LogP contribution in [-0.4, -0.2) is 67.2 Å². The summed E-state index contributed by atoms with van der Waals surface area (Å²) in [5, 5.41) is 4.22. The van der Waals surface area contributed by atoms with Gasteiger partial charge in [0.05, 0.1) is 5.41 Å². The summed E-state index contributed by atoms with van der Waals surface area (Å²) in [5.41, 5.74) is 4.84. The van der Waals surface area contributed by atoms with Gasteiger partial charge >= 0.3 is 12.0 Å². The van der Waals surface area contributed by atoms with Crippen LogP contribution in [0.25, 0.3) is 0 Å². The van der Waals surface area contributed by atoms with E-state index in [0.29, 0.717) is 42.4 Å². The van der Waals surface area contributed by atoms with Gasteiger partial charge in [-0.3, -0.25) is 4.79 Å². The molecule has 1 heterocycles. The molecule has 0 radical (unpaired) electrons. The Kier molecular flexibility index (Phi) is 11.0. The summed E-state index contributed by atoms with van der Waals surface area (Å²) in [7, 11) is 1.92. The standard InChI is InChI=1S/C51H74FN3O3/c1-35(2)32-38-18-25-51(53-28-29-55-31-30-54(8)45(55)57)27-26-48(6)40(43(38)51)14-15-42-47(5)21-19-39(46(3,4)41(47)20-22-49(42,48)7)37-16-23-50(34-52,24-17-37)44(56)58-33-36-12-10-9-11-13-36/h9-13,16,19,38,40-43,53H,1,14-15,17-18,20-34H2,2-8H3. The quantitative estimate of drug-likeness (QED) is 0.179. The first-order chi connectivity index (χ1) is 27.5. The summed E-state index contributed by atoms with van der Waals surface area (Å²) in [6, 6.07) is 9.86. The molecule has 4 saturated carbocycles. The van der Waals surface area contributed by atoms with Gasteiger partial charge in [0.25, 0.3) is 0 Å². The third-order valence-corrected chi connectivity index (χ3v) is 18.8. The number of carbonyl (C=O) groups excluding carboxylic acids is 2. The lowest BCUT2D eigenvalue weighted by Crippen LogP contribution is -2.68. The molecular weight excluding hydrogens is 722 g/mol. The van der Waals surface area contributed by atoms with Crippen LogP contribution in [0.2, 0.25) is 0 Å². The number of esters is 1. The molecular formula is C51H74FN3O3. The maximum atomic E-state index is 14.8. The molecule has 5 fully saturated rings. The molecule has 1 aliphatic heterocycles. The summed E-state index contributed by atoms with van der Waals surface area (Å²) in [6.45, 7) is 22.6. The molecule has 6 aliphatic carbocycles. The third kappa shape index (κ3) is 6.56. The number of rotatable bonds is 11. The molecule has 58 heavy (non-hydrogen) atoms. The fourth-order valence-electron chi connectivity index (χ4n) is 15.6. The number of fused-ring (bicyclic) bond motifs is 7. The monoisotopic (exact) mass is 796 g/mol. The van der Waals surface area contributed by atoms with Gasteiger partial charge in [0, 0.05) is 38.8 Å². The Morgan fingerprint density at radius 3 is 2.36 bits per heavy atom. The zero-order valence-corrected chi connectivity index (χ0v) is 37.1. The lowest BCUT2D eigenvalue weighted by molar-refractivity contribution is -0.222. The molecule has 1 N–H and O–H groups in total. The van der Waals surface area contributed by atoms with Crippen molar-refractivity contribution in [2.24, 2.45) is 56.7 Å². The Hall–Kier alpha value is -2.93. The molecule has 0 aromatic heterocycles. The van der Waals surface area contributed by atoms with E-state index < -0.39 is 18.1 Å². The van der Waals surface area contributed by atoms with Gasteiger partial charge < -0.3 is 19.9 Å². The molecule has 10 atom stereocenters. The second-order valence-electron chi connectivity index (χ2n) is 21.9. The Bertz CT molecular complexity index is 1820. The predicted molar refractivity (Wildman–Crippen MR) is 232 cm³/mol. The minimum atomic E-state index is -1.09. The third-order valence-electron chi connectivity index (χ3n) is 18.8. The normalized spacial score (nSPS) is 40.5. The van der Waals surface area contributed by atoms with Crippen molar-refractivity contribution in [1.29, 1.82) is 0 Å². The maximum Gasteiger partial charge on any atom is 0.319 e.